The molecule has 4 nitrogen and oxygen atoms in total. The zero-order chi connectivity index (χ0) is 17.6. The number of fused-ring (bicyclic) bond motifs is 1. The van der Waals surface area contributed by atoms with Gasteiger partial charge in [0.2, 0.25) is 0 Å². The molecular weight excluding hydrogens is 312 g/mol. The second kappa shape index (κ2) is 6.02. The van der Waals surface area contributed by atoms with Gasteiger partial charge in [0, 0.05) is 24.3 Å². The lowest BCUT2D eigenvalue weighted by atomic mass is 9.72. The Morgan fingerprint density at radius 1 is 1.16 bits per heavy atom. The van der Waals surface area contributed by atoms with Crippen LogP contribution in [0.3, 0.4) is 0 Å². The Bertz CT molecular complexity index is 925. The van der Waals surface area contributed by atoms with E-state index in [9.17, 15) is 10.1 Å². The van der Waals surface area contributed by atoms with Gasteiger partial charge < -0.3 is 4.74 Å². The van der Waals surface area contributed by atoms with Crippen molar-refractivity contribution in [2.45, 2.75) is 31.9 Å². The number of hydrogen-bond donors (Lipinski definition) is 1. The smallest absolute Gasteiger partial charge is 0.164 e. The summed E-state index contributed by atoms with van der Waals surface area (Å²) < 4.78 is 5.79. The fourth-order valence-corrected chi connectivity index (χ4v) is 4.07. The van der Waals surface area contributed by atoms with Gasteiger partial charge in [-0.3, -0.25) is 10.5 Å². The highest BCUT2D eigenvalue weighted by Gasteiger charge is 2.44. The molecule has 126 valence electrons. The number of benzene rings is 2. The number of ketones is 1. The average molecular weight is 332 g/mol. The first-order valence-corrected chi connectivity index (χ1v) is 8.65. The van der Waals surface area contributed by atoms with Crippen LogP contribution in [0.4, 0.5) is 0 Å². The lowest BCUT2D eigenvalue weighted by Crippen LogP contribution is -2.43. The third-order valence-corrected chi connectivity index (χ3v) is 5.25. The van der Waals surface area contributed by atoms with Gasteiger partial charge in [0.05, 0.1) is 6.07 Å². The second-order valence-electron chi connectivity index (χ2n) is 7.10. The Kier molecular flexibility index (Phi) is 3.82. The zero-order valence-electron chi connectivity index (χ0n) is 14.1. The Labute approximate surface area is 146 Å². The van der Waals surface area contributed by atoms with Gasteiger partial charge in [-0.2, -0.15) is 5.26 Å². The molecule has 2 aromatic carbocycles. The molecule has 0 unspecified atom stereocenters. The van der Waals surface area contributed by atoms with Gasteiger partial charge in [-0.05, 0) is 22.3 Å². The van der Waals surface area contributed by atoms with Crippen LogP contribution in [0.5, 0.6) is 0 Å². The molecule has 1 aliphatic heterocycles. The van der Waals surface area contributed by atoms with E-state index in [0.717, 1.165) is 16.3 Å². The molecule has 0 radical (unpaired) electrons. The molecule has 0 spiro atoms. The molecule has 0 fully saturated rings. The average Bonchev–Trinajstić information content (AvgIpc) is 2.59. The van der Waals surface area contributed by atoms with Crippen LogP contribution in [0.2, 0.25) is 0 Å². The van der Waals surface area contributed by atoms with Crippen LogP contribution in [0.1, 0.15) is 31.2 Å². The van der Waals surface area contributed by atoms with E-state index in [2.05, 4.69) is 18.2 Å². The van der Waals surface area contributed by atoms with E-state index in [1.807, 2.05) is 37.3 Å². The van der Waals surface area contributed by atoms with E-state index >= 15 is 0 Å². The van der Waals surface area contributed by atoms with Crippen molar-refractivity contribution in [3.8, 4) is 6.07 Å². The first kappa shape index (κ1) is 15.9. The predicted octanol–water partition coefficient (Wildman–Crippen LogP) is 3.63. The minimum Gasteiger partial charge on any atom is -0.478 e. The highest BCUT2D eigenvalue weighted by atomic mass is 16.5. The number of nitriles is 1. The van der Waals surface area contributed by atoms with E-state index in [1.165, 1.54) is 0 Å². The number of carbonyl (C=O) groups is 1. The van der Waals surface area contributed by atoms with Gasteiger partial charge in [-0.1, -0.05) is 49.4 Å². The van der Waals surface area contributed by atoms with Gasteiger partial charge in [0.15, 0.2) is 12.0 Å². The maximum atomic E-state index is 12.8. The molecule has 2 aliphatic rings. The lowest BCUT2D eigenvalue weighted by Gasteiger charge is -2.39. The van der Waals surface area contributed by atoms with Crippen LogP contribution in [0, 0.1) is 23.2 Å². The lowest BCUT2D eigenvalue weighted by molar-refractivity contribution is -0.118. The predicted molar refractivity (Wildman–Crippen MR) is 95.3 cm³/mol. The van der Waals surface area contributed by atoms with Crippen molar-refractivity contribution in [2.75, 3.05) is 0 Å². The summed E-state index contributed by atoms with van der Waals surface area (Å²) in [5, 5.41) is 11.9. The number of ether oxygens (including phenoxy) is 1. The standard InChI is InChI=1S/C21H20N2O2/c1-12-8-17(24)20-18(9-12)25-21(23)16(11-22)19(20)15-7-6-13-4-2-3-5-14(13)10-15/h2-7,10,12,16,19,21H,8-9,23H2,1H3/t12-,16+,19-,21+/m1/s1. The summed E-state index contributed by atoms with van der Waals surface area (Å²) >= 11 is 0. The normalized spacial score (nSPS) is 29.1. The van der Waals surface area contributed by atoms with Crippen LogP contribution < -0.4 is 5.73 Å². The molecule has 0 saturated carbocycles. The fourth-order valence-electron chi connectivity index (χ4n) is 4.07. The van der Waals surface area contributed by atoms with Crippen LogP contribution in [-0.4, -0.2) is 12.0 Å². The Hall–Kier alpha value is -2.64. The van der Waals surface area contributed by atoms with Crippen LogP contribution >= 0.6 is 0 Å². The van der Waals surface area contributed by atoms with Gasteiger partial charge in [-0.15, -0.1) is 0 Å². The minimum absolute atomic E-state index is 0.0825. The Morgan fingerprint density at radius 2 is 1.92 bits per heavy atom. The fraction of sp³-hybridized carbons (Fsp3) is 0.333. The molecular formula is C21H20N2O2. The van der Waals surface area contributed by atoms with Gasteiger partial charge in [0.25, 0.3) is 0 Å². The summed E-state index contributed by atoms with van der Waals surface area (Å²) in [5.41, 5.74) is 7.75. The van der Waals surface area contributed by atoms with Crippen molar-refractivity contribution in [2.24, 2.45) is 17.6 Å². The van der Waals surface area contributed by atoms with E-state index in [1.54, 1.807) is 0 Å². The molecule has 1 heterocycles. The number of allylic oxidation sites excluding steroid dienone is 2. The maximum Gasteiger partial charge on any atom is 0.164 e. The Morgan fingerprint density at radius 3 is 2.68 bits per heavy atom. The van der Waals surface area contributed by atoms with Crippen molar-refractivity contribution in [3.05, 3.63) is 59.4 Å². The molecule has 2 N–H and O–H groups in total. The number of carbonyl (C=O) groups excluding carboxylic acids is 1. The summed E-state index contributed by atoms with van der Waals surface area (Å²) in [7, 11) is 0. The van der Waals surface area contributed by atoms with Gasteiger partial charge in [0.1, 0.15) is 11.7 Å². The van der Waals surface area contributed by atoms with Crippen molar-refractivity contribution in [3.63, 3.8) is 0 Å². The molecule has 4 rings (SSSR count). The monoisotopic (exact) mass is 332 g/mol. The first-order valence-electron chi connectivity index (χ1n) is 8.65. The van der Waals surface area contributed by atoms with Crippen molar-refractivity contribution < 1.29 is 9.53 Å². The molecule has 0 saturated heterocycles. The van der Waals surface area contributed by atoms with Gasteiger partial charge in [-0.25, -0.2) is 0 Å². The largest absolute Gasteiger partial charge is 0.478 e. The third kappa shape index (κ3) is 2.61. The quantitative estimate of drug-likeness (QED) is 0.865. The van der Waals surface area contributed by atoms with Crippen molar-refractivity contribution in [1.82, 2.24) is 0 Å². The number of Topliss-reactive ketones (excluding diaryl/α,β-unsaturated/α-hetero) is 1. The minimum atomic E-state index is -0.710. The topological polar surface area (TPSA) is 76.1 Å². The zero-order valence-corrected chi connectivity index (χ0v) is 14.1. The molecule has 25 heavy (non-hydrogen) atoms. The Balaban J connectivity index is 1.89. The van der Waals surface area contributed by atoms with Crippen molar-refractivity contribution in [1.29, 1.82) is 5.26 Å². The second-order valence-corrected chi connectivity index (χ2v) is 7.10. The van der Waals surface area contributed by atoms with E-state index in [0.29, 0.717) is 24.2 Å². The highest BCUT2D eigenvalue weighted by Crippen LogP contribution is 2.45. The van der Waals surface area contributed by atoms with E-state index in [4.69, 9.17) is 10.5 Å². The van der Waals surface area contributed by atoms with Crippen LogP contribution in [0.25, 0.3) is 10.8 Å². The number of nitrogens with zero attached hydrogens (tertiary/aromatic N) is 1. The summed E-state index contributed by atoms with van der Waals surface area (Å²) in [4.78, 5) is 12.8. The summed E-state index contributed by atoms with van der Waals surface area (Å²) in [5.74, 6) is 0.111. The summed E-state index contributed by atoms with van der Waals surface area (Å²) in [6, 6.07) is 16.5. The molecule has 0 aromatic heterocycles. The SMILES string of the molecule is C[C@@H]1CC(=O)C2=C(C1)O[C@H](N)[C@@H](C#N)[C@H]2c1ccc2ccccc2c1. The first-order chi connectivity index (χ1) is 12.1. The summed E-state index contributed by atoms with van der Waals surface area (Å²) in [6.45, 7) is 2.04. The molecule has 0 bridgehead atoms. The van der Waals surface area contributed by atoms with E-state index in [-0.39, 0.29) is 17.6 Å². The third-order valence-electron chi connectivity index (χ3n) is 5.25. The molecule has 2 aromatic rings. The number of rotatable bonds is 1. The highest BCUT2D eigenvalue weighted by molar-refractivity contribution is 5.99. The molecule has 1 aliphatic carbocycles. The molecule has 0 amide bonds. The van der Waals surface area contributed by atoms with Crippen molar-refractivity contribution >= 4 is 16.6 Å². The summed E-state index contributed by atoms with van der Waals surface area (Å²) in [6.07, 6.45) is 0.495. The molecule has 4 heteroatoms. The van der Waals surface area contributed by atoms with Crippen LogP contribution in [-0.2, 0) is 9.53 Å². The molecule has 4 atom stereocenters. The van der Waals surface area contributed by atoms with Gasteiger partial charge >= 0.3 is 0 Å². The van der Waals surface area contributed by atoms with Crippen LogP contribution in [0.15, 0.2) is 53.8 Å². The number of hydrogen-bond acceptors (Lipinski definition) is 4. The van der Waals surface area contributed by atoms with E-state index < -0.39 is 12.1 Å². The number of nitrogens with two attached hydrogens (primary N) is 1. The maximum absolute atomic E-state index is 12.8.